The van der Waals surface area contributed by atoms with Crippen LogP contribution in [0.25, 0.3) is 0 Å². The Morgan fingerprint density at radius 3 is 2.79 bits per heavy atom. The highest BCUT2D eigenvalue weighted by molar-refractivity contribution is 5.18. The van der Waals surface area contributed by atoms with Gasteiger partial charge in [0.2, 0.25) is 0 Å². The van der Waals surface area contributed by atoms with Gasteiger partial charge in [-0.15, -0.1) is 6.58 Å². The first-order valence-electron chi connectivity index (χ1n) is 5.00. The van der Waals surface area contributed by atoms with Gasteiger partial charge in [-0.1, -0.05) is 5.57 Å². The van der Waals surface area contributed by atoms with Gasteiger partial charge in [-0.3, -0.25) is 0 Å². The summed E-state index contributed by atoms with van der Waals surface area (Å²) >= 11 is 0. The van der Waals surface area contributed by atoms with Crippen molar-refractivity contribution in [1.82, 2.24) is 5.32 Å². The third kappa shape index (κ3) is 2.74. The van der Waals surface area contributed by atoms with Gasteiger partial charge in [0.15, 0.2) is 0 Å². The van der Waals surface area contributed by atoms with Crippen molar-refractivity contribution >= 4 is 0 Å². The zero-order valence-corrected chi connectivity index (χ0v) is 9.26. The summed E-state index contributed by atoms with van der Waals surface area (Å²) in [4.78, 5) is 0. The molecule has 0 aliphatic heterocycles. The summed E-state index contributed by atoms with van der Waals surface area (Å²) in [7, 11) is 1.96. The Morgan fingerprint density at radius 1 is 1.64 bits per heavy atom. The second-order valence-electron chi connectivity index (χ2n) is 3.80. The minimum atomic E-state index is 0.307. The van der Waals surface area contributed by atoms with E-state index in [0.29, 0.717) is 6.04 Å². The lowest BCUT2D eigenvalue weighted by molar-refractivity contribution is 0.412. The van der Waals surface area contributed by atoms with Gasteiger partial charge in [-0.2, -0.15) is 0 Å². The Morgan fingerprint density at radius 2 is 2.36 bits per heavy atom. The zero-order chi connectivity index (χ0) is 10.6. The van der Waals surface area contributed by atoms with Gasteiger partial charge in [0.05, 0.1) is 12.3 Å². The molecule has 1 heterocycles. The summed E-state index contributed by atoms with van der Waals surface area (Å²) in [6.45, 7) is 8.04. The van der Waals surface area contributed by atoms with Crippen LogP contribution in [0.15, 0.2) is 28.9 Å². The van der Waals surface area contributed by atoms with E-state index in [2.05, 4.69) is 25.7 Å². The van der Waals surface area contributed by atoms with Gasteiger partial charge in [-0.25, -0.2) is 0 Å². The number of aryl methyl sites for hydroxylation is 1. The molecular weight excluding hydrogens is 174 g/mol. The lowest BCUT2D eigenvalue weighted by Crippen LogP contribution is -2.16. The van der Waals surface area contributed by atoms with Crippen LogP contribution < -0.4 is 5.32 Å². The Bertz CT molecular complexity index is 301. The highest BCUT2D eigenvalue weighted by atomic mass is 16.3. The van der Waals surface area contributed by atoms with Crippen molar-refractivity contribution in [2.45, 2.75) is 32.7 Å². The minimum absolute atomic E-state index is 0.307. The zero-order valence-electron chi connectivity index (χ0n) is 9.26. The molecule has 0 spiro atoms. The van der Waals surface area contributed by atoms with Crippen LogP contribution in [0.5, 0.6) is 0 Å². The summed E-state index contributed by atoms with van der Waals surface area (Å²) in [6, 6.07) is 2.31. The van der Waals surface area contributed by atoms with Crippen molar-refractivity contribution in [2.24, 2.45) is 0 Å². The summed E-state index contributed by atoms with van der Waals surface area (Å²) in [5.74, 6) is 1.05. The second-order valence-corrected chi connectivity index (χ2v) is 3.80. The van der Waals surface area contributed by atoms with Gasteiger partial charge in [-0.05, 0) is 45.4 Å². The molecule has 0 aliphatic carbocycles. The van der Waals surface area contributed by atoms with Crippen LogP contribution >= 0.6 is 0 Å². The lowest BCUT2D eigenvalue weighted by Gasteiger charge is -2.14. The van der Waals surface area contributed by atoms with E-state index in [0.717, 1.165) is 18.6 Å². The highest BCUT2D eigenvalue weighted by Gasteiger charge is 2.14. The molecule has 2 heteroatoms. The predicted octanol–water partition coefficient (Wildman–Crippen LogP) is 3.20. The molecule has 1 aromatic rings. The van der Waals surface area contributed by atoms with Gasteiger partial charge < -0.3 is 9.73 Å². The quantitative estimate of drug-likeness (QED) is 0.726. The maximum atomic E-state index is 5.46. The van der Waals surface area contributed by atoms with Crippen LogP contribution in [0.3, 0.4) is 0 Å². The largest absolute Gasteiger partial charge is 0.467 e. The summed E-state index contributed by atoms with van der Waals surface area (Å²) in [5, 5.41) is 3.27. The molecule has 1 aromatic heterocycles. The molecule has 1 unspecified atom stereocenters. The van der Waals surface area contributed by atoms with E-state index in [1.807, 2.05) is 13.1 Å². The molecule has 1 N–H and O–H groups in total. The maximum absolute atomic E-state index is 5.46. The summed E-state index contributed by atoms with van der Waals surface area (Å²) < 4.78 is 5.46. The lowest BCUT2D eigenvalue weighted by atomic mass is 10.0. The molecule has 0 aliphatic rings. The molecule has 0 amide bonds. The number of allylic oxidation sites excluding steroid dienone is 1. The summed E-state index contributed by atoms with van der Waals surface area (Å²) in [6.07, 6.45) is 3.82. The van der Waals surface area contributed by atoms with E-state index in [9.17, 15) is 0 Å². The molecule has 0 radical (unpaired) electrons. The van der Waals surface area contributed by atoms with Crippen molar-refractivity contribution in [3.8, 4) is 0 Å². The van der Waals surface area contributed by atoms with Crippen LogP contribution in [-0.4, -0.2) is 7.05 Å². The Hall–Kier alpha value is -1.02. The van der Waals surface area contributed by atoms with Crippen LogP contribution in [0.2, 0.25) is 0 Å². The fourth-order valence-corrected chi connectivity index (χ4v) is 1.54. The highest BCUT2D eigenvalue weighted by Crippen LogP contribution is 2.23. The third-order valence-corrected chi connectivity index (χ3v) is 2.43. The smallest absolute Gasteiger partial charge is 0.123 e. The number of rotatable bonds is 5. The topological polar surface area (TPSA) is 25.2 Å². The van der Waals surface area contributed by atoms with Gasteiger partial charge in [0.25, 0.3) is 0 Å². The molecule has 0 bridgehead atoms. The number of hydrogen-bond donors (Lipinski definition) is 1. The van der Waals surface area contributed by atoms with E-state index in [1.54, 1.807) is 6.26 Å². The van der Waals surface area contributed by atoms with E-state index in [-0.39, 0.29) is 0 Å². The fraction of sp³-hybridized carbons (Fsp3) is 0.500. The Balaban J connectivity index is 2.63. The van der Waals surface area contributed by atoms with Crippen molar-refractivity contribution in [3.63, 3.8) is 0 Å². The third-order valence-electron chi connectivity index (χ3n) is 2.43. The first-order valence-corrected chi connectivity index (χ1v) is 5.00. The van der Waals surface area contributed by atoms with Crippen LogP contribution in [0.1, 0.15) is 37.1 Å². The van der Waals surface area contributed by atoms with Crippen molar-refractivity contribution in [1.29, 1.82) is 0 Å². The van der Waals surface area contributed by atoms with E-state index in [1.165, 1.54) is 11.1 Å². The molecule has 14 heavy (non-hydrogen) atoms. The molecule has 0 aromatic carbocycles. The molecule has 2 nitrogen and oxygen atoms in total. The summed E-state index contributed by atoms with van der Waals surface area (Å²) in [5.41, 5.74) is 2.43. The van der Waals surface area contributed by atoms with Crippen molar-refractivity contribution < 1.29 is 4.42 Å². The average Bonchev–Trinajstić information content (AvgIpc) is 2.53. The Kier molecular flexibility index (Phi) is 3.96. The van der Waals surface area contributed by atoms with E-state index in [4.69, 9.17) is 4.42 Å². The molecule has 1 rings (SSSR count). The number of furan rings is 1. The first kappa shape index (κ1) is 11.1. The van der Waals surface area contributed by atoms with Gasteiger partial charge >= 0.3 is 0 Å². The van der Waals surface area contributed by atoms with Crippen LogP contribution in [0.4, 0.5) is 0 Å². The number of nitrogens with one attached hydrogen (secondary N) is 1. The molecule has 1 atom stereocenters. The van der Waals surface area contributed by atoms with Gasteiger partial charge in [0.1, 0.15) is 5.76 Å². The Labute approximate surface area is 86.0 Å². The molecular formula is C12H19NO. The average molecular weight is 193 g/mol. The minimum Gasteiger partial charge on any atom is -0.467 e. The maximum Gasteiger partial charge on any atom is 0.123 e. The SMILES string of the molecule is C=C(C)CCC(NC)c1occc1C. The van der Waals surface area contributed by atoms with Crippen molar-refractivity contribution in [2.75, 3.05) is 7.05 Å². The molecule has 0 fully saturated rings. The monoisotopic (exact) mass is 193 g/mol. The molecule has 0 saturated carbocycles. The van der Waals surface area contributed by atoms with Gasteiger partial charge in [0, 0.05) is 0 Å². The molecule has 78 valence electrons. The van der Waals surface area contributed by atoms with Crippen LogP contribution in [-0.2, 0) is 0 Å². The predicted molar refractivity (Wildman–Crippen MR) is 59.3 cm³/mol. The normalized spacial score (nSPS) is 12.8. The second kappa shape index (κ2) is 5.01. The fourth-order valence-electron chi connectivity index (χ4n) is 1.54. The number of hydrogen-bond acceptors (Lipinski definition) is 2. The van der Waals surface area contributed by atoms with E-state index < -0.39 is 0 Å². The van der Waals surface area contributed by atoms with Crippen LogP contribution in [0, 0.1) is 6.92 Å². The van der Waals surface area contributed by atoms with Crippen molar-refractivity contribution in [3.05, 3.63) is 35.8 Å². The molecule has 0 saturated heterocycles. The standard InChI is InChI=1S/C12H19NO/c1-9(2)5-6-11(13-4)12-10(3)7-8-14-12/h7-8,11,13H,1,5-6H2,2-4H3. The van der Waals surface area contributed by atoms with E-state index >= 15 is 0 Å². The first-order chi connectivity index (χ1) is 6.65.